The van der Waals surface area contributed by atoms with E-state index in [0.29, 0.717) is 12.1 Å². The van der Waals surface area contributed by atoms with E-state index >= 15 is 0 Å². The van der Waals surface area contributed by atoms with Crippen LogP contribution in [0.3, 0.4) is 0 Å². The fourth-order valence-corrected chi connectivity index (χ4v) is 1.94. The van der Waals surface area contributed by atoms with E-state index in [0.717, 1.165) is 11.4 Å². The zero-order valence-electron chi connectivity index (χ0n) is 10.4. The molecule has 0 aliphatic rings. The number of hydrogen-bond acceptors (Lipinski definition) is 2. The number of aromatic nitrogens is 2. The molecule has 0 saturated heterocycles. The molecule has 1 atom stereocenters. The lowest BCUT2D eigenvalue weighted by molar-refractivity contribution is 0.0794. The Morgan fingerprint density at radius 1 is 1.56 bits per heavy atom. The zero-order valence-corrected chi connectivity index (χ0v) is 11.2. The van der Waals surface area contributed by atoms with Crippen molar-refractivity contribution in [3.8, 4) is 0 Å². The Balaban J connectivity index is 2.96. The van der Waals surface area contributed by atoms with Crippen LogP contribution in [0.4, 0.5) is 0 Å². The predicted molar refractivity (Wildman–Crippen MR) is 65.0 cm³/mol. The first-order valence-corrected chi connectivity index (χ1v) is 5.68. The fraction of sp³-hybridized carbons (Fsp3) is 0.636. The molecule has 1 heterocycles. The summed E-state index contributed by atoms with van der Waals surface area (Å²) in [5.74, 6) is -0.0180. The molecule has 0 N–H and O–H groups in total. The van der Waals surface area contributed by atoms with Crippen LogP contribution < -0.4 is 0 Å². The van der Waals surface area contributed by atoms with Crippen LogP contribution in [0.5, 0.6) is 0 Å². The molecule has 0 fully saturated rings. The molecular weight excluding hydrogens is 226 g/mol. The van der Waals surface area contributed by atoms with Crippen molar-refractivity contribution in [2.75, 3.05) is 13.6 Å². The van der Waals surface area contributed by atoms with Crippen molar-refractivity contribution in [3.63, 3.8) is 0 Å². The first kappa shape index (κ1) is 13.0. The highest BCUT2D eigenvalue weighted by Crippen LogP contribution is 2.14. The third-order valence-corrected chi connectivity index (χ3v) is 2.73. The van der Waals surface area contributed by atoms with Crippen molar-refractivity contribution in [3.05, 3.63) is 17.0 Å². The summed E-state index contributed by atoms with van der Waals surface area (Å²) in [5.41, 5.74) is 2.33. The summed E-state index contributed by atoms with van der Waals surface area (Å²) in [4.78, 5) is 13.8. The second-order valence-corrected chi connectivity index (χ2v) is 4.88. The van der Waals surface area contributed by atoms with Gasteiger partial charge in [0, 0.05) is 31.7 Å². The Morgan fingerprint density at radius 2 is 2.12 bits per heavy atom. The van der Waals surface area contributed by atoms with Crippen molar-refractivity contribution in [2.45, 2.75) is 26.1 Å². The summed E-state index contributed by atoms with van der Waals surface area (Å²) in [7, 11) is 3.59. The number of halogens is 1. The highest BCUT2D eigenvalue weighted by molar-refractivity contribution is 6.20. The molecule has 90 valence electrons. The number of aryl methyl sites for hydroxylation is 2. The molecule has 1 aromatic heterocycles. The molecule has 0 aliphatic heterocycles. The quantitative estimate of drug-likeness (QED) is 0.759. The molecule has 16 heavy (non-hydrogen) atoms. The van der Waals surface area contributed by atoms with Gasteiger partial charge in [-0.05, 0) is 20.8 Å². The average molecular weight is 244 g/mol. The van der Waals surface area contributed by atoms with Crippen LogP contribution in [-0.4, -0.2) is 39.6 Å². The molecule has 0 aliphatic carbocycles. The third kappa shape index (κ3) is 2.55. The summed E-state index contributed by atoms with van der Waals surface area (Å²) in [6.45, 7) is 6.14. The van der Waals surface area contributed by atoms with Gasteiger partial charge >= 0.3 is 0 Å². The van der Waals surface area contributed by atoms with Gasteiger partial charge in [0.15, 0.2) is 0 Å². The lowest BCUT2D eigenvalue weighted by Gasteiger charge is -2.18. The van der Waals surface area contributed by atoms with Gasteiger partial charge in [0.1, 0.15) is 0 Å². The highest BCUT2D eigenvalue weighted by atomic mass is 35.5. The Hall–Kier alpha value is -1.03. The molecule has 1 amide bonds. The fourth-order valence-electron chi connectivity index (χ4n) is 1.73. The molecule has 0 radical (unpaired) electrons. The van der Waals surface area contributed by atoms with Crippen LogP contribution in [0.15, 0.2) is 0 Å². The minimum atomic E-state index is -0.0498. The molecule has 1 unspecified atom stereocenters. The van der Waals surface area contributed by atoms with Gasteiger partial charge in [-0.15, -0.1) is 11.6 Å². The standard InChI is InChI=1S/C11H18ClN3O/c1-7(12)6-14(4)11(16)10-8(2)13-15(5)9(10)3/h7H,6H2,1-5H3. The number of amides is 1. The zero-order chi connectivity index (χ0) is 12.5. The van der Waals surface area contributed by atoms with Gasteiger partial charge in [0.05, 0.1) is 11.3 Å². The second-order valence-electron chi connectivity index (χ2n) is 4.14. The minimum Gasteiger partial charge on any atom is -0.340 e. The first-order valence-electron chi connectivity index (χ1n) is 5.24. The van der Waals surface area contributed by atoms with Crippen molar-refractivity contribution >= 4 is 17.5 Å². The van der Waals surface area contributed by atoms with Gasteiger partial charge in [0.2, 0.25) is 0 Å². The number of hydrogen-bond donors (Lipinski definition) is 0. The first-order chi connectivity index (χ1) is 7.34. The molecule has 0 spiro atoms. The minimum absolute atomic E-state index is 0.0180. The lowest BCUT2D eigenvalue weighted by atomic mass is 10.1. The summed E-state index contributed by atoms with van der Waals surface area (Å²) >= 11 is 5.87. The van der Waals surface area contributed by atoms with Crippen LogP contribution in [0, 0.1) is 13.8 Å². The van der Waals surface area contributed by atoms with Gasteiger partial charge < -0.3 is 4.90 Å². The molecule has 4 nitrogen and oxygen atoms in total. The molecule has 0 saturated carbocycles. The predicted octanol–water partition coefficient (Wildman–Crippen LogP) is 1.74. The summed E-state index contributed by atoms with van der Waals surface area (Å²) in [5, 5.41) is 4.18. The summed E-state index contributed by atoms with van der Waals surface area (Å²) < 4.78 is 1.72. The van der Waals surface area contributed by atoms with Crippen molar-refractivity contribution in [1.29, 1.82) is 0 Å². The van der Waals surface area contributed by atoms with Gasteiger partial charge in [-0.3, -0.25) is 9.48 Å². The van der Waals surface area contributed by atoms with Crippen LogP contribution in [0.1, 0.15) is 28.7 Å². The normalized spacial score (nSPS) is 12.6. The van der Waals surface area contributed by atoms with E-state index in [1.165, 1.54) is 0 Å². The summed E-state index contributed by atoms with van der Waals surface area (Å²) in [6, 6.07) is 0. The van der Waals surface area contributed by atoms with Crippen molar-refractivity contribution < 1.29 is 4.79 Å². The van der Waals surface area contributed by atoms with E-state index in [1.807, 2.05) is 27.8 Å². The van der Waals surface area contributed by atoms with E-state index in [2.05, 4.69) is 5.10 Å². The molecule has 1 aromatic rings. The SMILES string of the molecule is Cc1nn(C)c(C)c1C(=O)N(C)CC(C)Cl. The smallest absolute Gasteiger partial charge is 0.257 e. The van der Waals surface area contributed by atoms with Gasteiger partial charge in [0.25, 0.3) is 5.91 Å². The topological polar surface area (TPSA) is 38.1 Å². The molecule has 5 heteroatoms. The average Bonchev–Trinajstić information content (AvgIpc) is 2.39. The Labute approximate surface area is 101 Å². The molecule has 0 bridgehead atoms. The summed E-state index contributed by atoms with van der Waals surface area (Å²) in [6.07, 6.45) is 0. The number of carbonyl (C=O) groups excluding carboxylic acids is 1. The Kier molecular flexibility index (Phi) is 3.97. The Bertz CT molecular complexity index is 398. The lowest BCUT2D eigenvalue weighted by Crippen LogP contribution is -2.32. The number of rotatable bonds is 3. The molecule has 0 aromatic carbocycles. The van der Waals surface area contributed by atoms with Gasteiger partial charge in [-0.25, -0.2) is 0 Å². The monoisotopic (exact) mass is 243 g/mol. The maximum Gasteiger partial charge on any atom is 0.257 e. The number of alkyl halides is 1. The largest absolute Gasteiger partial charge is 0.340 e. The van der Waals surface area contributed by atoms with Crippen LogP contribution in [0.25, 0.3) is 0 Å². The maximum atomic E-state index is 12.1. The number of carbonyl (C=O) groups is 1. The van der Waals surface area contributed by atoms with Crippen molar-refractivity contribution in [2.24, 2.45) is 7.05 Å². The van der Waals surface area contributed by atoms with Gasteiger partial charge in [-0.1, -0.05) is 0 Å². The van der Waals surface area contributed by atoms with E-state index < -0.39 is 0 Å². The highest BCUT2D eigenvalue weighted by Gasteiger charge is 2.21. The van der Waals surface area contributed by atoms with E-state index in [9.17, 15) is 4.79 Å². The van der Waals surface area contributed by atoms with Crippen LogP contribution in [0.2, 0.25) is 0 Å². The van der Waals surface area contributed by atoms with Crippen molar-refractivity contribution in [1.82, 2.24) is 14.7 Å². The maximum absolute atomic E-state index is 12.1. The van der Waals surface area contributed by atoms with E-state index in [4.69, 9.17) is 11.6 Å². The van der Waals surface area contributed by atoms with Gasteiger partial charge in [-0.2, -0.15) is 5.10 Å². The van der Waals surface area contributed by atoms with Crippen LogP contribution >= 0.6 is 11.6 Å². The second kappa shape index (κ2) is 4.87. The van der Waals surface area contributed by atoms with E-state index in [1.54, 1.807) is 16.6 Å². The Morgan fingerprint density at radius 3 is 2.50 bits per heavy atom. The third-order valence-electron chi connectivity index (χ3n) is 2.60. The van der Waals surface area contributed by atoms with E-state index in [-0.39, 0.29) is 11.3 Å². The van der Waals surface area contributed by atoms with Crippen LogP contribution in [-0.2, 0) is 7.05 Å². The number of nitrogens with zero attached hydrogens (tertiary/aromatic N) is 3. The molecular formula is C11H18ClN3O. The molecule has 1 rings (SSSR count).